The van der Waals surface area contributed by atoms with Gasteiger partial charge in [-0.15, -0.1) is 0 Å². The molecule has 0 heterocycles. The summed E-state index contributed by atoms with van der Waals surface area (Å²) in [7, 11) is 0.568. The van der Waals surface area contributed by atoms with E-state index in [9.17, 15) is 0 Å². The summed E-state index contributed by atoms with van der Waals surface area (Å²) < 4.78 is 2.78. The lowest BCUT2D eigenvalue weighted by Gasteiger charge is -2.25. The molecular weight excluding hydrogens is 178 g/mol. The van der Waals surface area contributed by atoms with Crippen LogP contribution in [0.1, 0.15) is 27.7 Å². The Morgan fingerprint density at radius 1 is 1.00 bits per heavy atom. The lowest BCUT2D eigenvalue weighted by Crippen LogP contribution is -2.36. The smallest absolute Gasteiger partial charge is 0.0792 e. The molecule has 0 spiro atoms. The van der Waals surface area contributed by atoms with Crippen molar-refractivity contribution in [2.24, 2.45) is 11.8 Å². The highest BCUT2D eigenvalue weighted by Crippen LogP contribution is 2.01. The Hall–Kier alpha value is 0.394. The van der Waals surface area contributed by atoms with Crippen LogP contribution >= 0.6 is 0 Å². The molecule has 0 saturated heterocycles. The highest BCUT2D eigenvalue weighted by molar-refractivity contribution is 6.98. The zero-order valence-electron chi connectivity index (χ0n) is 9.43. The van der Waals surface area contributed by atoms with E-state index in [4.69, 9.17) is 0 Å². The van der Waals surface area contributed by atoms with E-state index >= 15 is 0 Å². The second-order valence-corrected chi connectivity index (χ2v) is 11.2. The van der Waals surface area contributed by atoms with Crippen molar-refractivity contribution in [3.8, 4) is 0 Å². The minimum Gasteiger partial charge on any atom is -0.331 e. The molecule has 0 radical (unpaired) electrons. The summed E-state index contributed by atoms with van der Waals surface area (Å²) in [5.41, 5.74) is 0. The summed E-state index contributed by atoms with van der Waals surface area (Å²) >= 11 is 0. The number of hydrogen-bond acceptors (Lipinski definition) is 1. The largest absolute Gasteiger partial charge is 0.331 e. The van der Waals surface area contributed by atoms with Crippen molar-refractivity contribution >= 4 is 18.2 Å². The molecular formula is C9H25NSi2. The van der Waals surface area contributed by atoms with Crippen molar-refractivity contribution in [2.45, 2.75) is 34.2 Å². The first kappa shape index (κ1) is 12.4. The van der Waals surface area contributed by atoms with Crippen LogP contribution in [0.2, 0.25) is 6.55 Å². The van der Waals surface area contributed by atoms with Gasteiger partial charge in [0, 0.05) is 9.04 Å². The fourth-order valence-corrected chi connectivity index (χ4v) is 6.63. The van der Waals surface area contributed by atoms with E-state index in [-0.39, 0.29) is 9.20 Å². The van der Waals surface area contributed by atoms with Gasteiger partial charge in [-0.3, -0.25) is 0 Å². The highest BCUT2D eigenvalue weighted by Gasteiger charge is 2.07. The molecule has 0 bridgehead atoms. The molecule has 0 aromatic carbocycles. The maximum Gasteiger partial charge on any atom is 0.0792 e. The molecule has 0 unspecified atom stereocenters. The lowest BCUT2D eigenvalue weighted by molar-refractivity contribution is 0.349. The fraction of sp³-hybridized carbons (Fsp3) is 1.00. The van der Waals surface area contributed by atoms with Crippen LogP contribution in [0.25, 0.3) is 0 Å². The first-order chi connectivity index (χ1) is 5.56. The van der Waals surface area contributed by atoms with Gasteiger partial charge in [0.15, 0.2) is 0 Å². The van der Waals surface area contributed by atoms with Gasteiger partial charge in [0.25, 0.3) is 0 Å². The zero-order chi connectivity index (χ0) is 9.56. The molecule has 0 saturated carbocycles. The van der Waals surface area contributed by atoms with Gasteiger partial charge < -0.3 is 4.57 Å². The van der Waals surface area contributed by atoms with Crippen LogP contribution < -0.4 is 0 Å². The van der Waals surface area contributed by atoms with Crippen LogP contribution in [0.3, 0.4) is 0 Å². The van der Waals surface area contributed by atoms with Crippen molar-refractivity contribution in [2.75, 3.05) is 13.1 Å². The van der Waals surface area contributed by atoms with Crippen LogP contribution in [0, 0.1) is 11.8 Å². The van der Waals surface area contributed by atoms with E-state index in [1.54, 1.807) is 0 Å². The van der Waals surface area contributed by atoms with Crippen molar-refractivity contribution in [3.63, 3.8) is 0 Å². The molecule has 12 heavy (non-hydrogen) atoms. The molecule has 0 aromatic heterocycles. The summed E-state index contributed by atoms with van der Waals surface area (Å²) in [6.07, 6.45) is 0. The minimum atomic E-state index is 0.222. The molecule has 3 heteroatoms. The molecule has 0 atom stereocenters. The van der Waals surface area contributed by atoms with Gasteiger partial charge >= 0.3 is 0 Å². The average Bonchev–Trinajstić information content (AvgIpc) is 1.84. The maximum absolute atomic E-state index is 2.78. The molecule has 0 rings (SSSR count). The maximum atomic E-state index is 2.78. The van der Waals surface area contributed by atoms with E-state index in [0.717, 1.165) is 11.8 Å². The monoisotopic (exact) mass is 203 g/mol. The molecule has 0 fully saturated rings. The third-order valence-electron chi connectivity index (χ3n) is 1.79. The predicted molar refractivity (Wildman–Crippen MR) is 64.2 cm³/mol. The van der Waals surface area contributed by atoms with E-state index in [2.05, 4.69) is 38.8 Å². The Balaban J connectivity index is 3.69. The Morgan fingerprint density at radius 3 is 1.67 bits per heavy atom. The van der Waals surface area contributed by atoms with Crippen LogP contribution in [-0.2, 0) is 0 Å². The Morgan fingerprint density at radius 2 is 1.42 bits per heavy atom. The first-order valence-corrected chi connectivity index (χ1v) is 11.3. The standard InChI is InChI=1S/C9H25NSi2/c1-8(2)6-10(12-11-5)7-9(3)4/h8-9H,6-7,11-12H2,1-5H3. The third kappa shape index (κ3) is 7.07. The first-order valence-electron chi connectivity index (χ1n) is 5.28. The van der Waals surface area contributed by atoms with E-state index < -0.39 is 0 Å². The molecule has 74 valence electrons. The fourth-order valence-electron chi connectivity index (χ4n) is 1.61. The van der Waals surface area contributed by atoms with Crippen molar-refractivity contribution in [1.82, 2.24) is 4.57 Å². The summed E-state index contributed by atoms with van der Waals surface area (Å²) in [5.74, 6) is 1.72. The molecule has 0 N–H and O–H groups in total. The summed E-state index contributed by atoms with van der Waals surface area (Å²) in [5, 5.41) is 0. The third-order valence-corrected chi connectivity index (χ3v) is 6.62. The average molecular weight is 203 g/mol. The Labute approximate surface area is 82.4 Å². The topological polar surface area (TPSA) is 3.24 Å². The quantitative estimate of drug-likeness (QED) is 0.578. The molecule has 0 aliphatic rings. The summed E-state index contributed by atoms with van der Waals surface area (Å²) in [6.45, 7) is 14.5. The number of rotatable bonds is 6. The van der Waals surface area contributed by atoms with Gasteiger partial charge in [-0.05, 0) is 24.9 Å². The van der Waals surface area contributed by atoms with E-state index in [0.29, 0.717) is 9.04 Å². The van der Waals surface area contributed by atoms with Crippen LogP contribution in [0.5, 0.6) is 0 Å². The lowest BCUT2D eigenvalue weighted by atomic mass is 10.2. The van der Waals surface area contributed by atoms with Gasteiger partial charge in [-0.2, -0.15) is 0 Å². The molecule has 0 amide bonds. The molecule has 0 aliphatic heterocycles. The Bertz CT molecular complexity index is 94.7. The second kappa shape index (κ2) is 6.86. The zero-order valence-corrected chi connectivity index (χ0v) is 12.3. The summed E-state index contributed by atoms with van der Waals surface area (Å²) in [4.78, 5) is 0. The number of nitrogens with zero attached hydrogens (tertiary/aromatic N) is 1. The highest BCUT2D eigenvalue weighted by atomic mass is 29.1. The molecule has 0 aliphatic carbocycles. The molecule has 0 aromatic rings. The van der Waals surface area contributed by atoms with Gasteiger partial charge in [0.2, 0.25) is 0 Å². The van der Waals surface area contributed by atoms with Crippen molar-refractivity contribution in [3.05, 3.63) is 0 Å². The van der Waals surface area contributed by atoms with Gasteiger partial charge in [-0.25, -0.2) is 0 Å². The van der Waals surface area contributed by atoms with Crippen LogP contribution in [0.15, 0.2) is 0 Å². The molecule has 1 nitrogen and oxygen atoms in total. The van der Waals surface area contributed by atoms with Crippen LogP contribution in [-0.4, -0.2) is 35.9 Å². The van der Waals surface area contributed by atoms with E-state index in [1.807, 2.05) is 0 Å². The van der Waals surface area contributed by atoms with Crippen molar-refractivity contribution < 1.29 is 0 Å². The van der Waals surface area contributed by atoms with Gasteiger partial charge in [0.05, 0.1) is 9.20 Å². The van der Waals surface area contributed by atoms with E-state index in [1.165, 1.54) is 13.1 Å². The number of hydrogen-bond donors (Lipinski definition) is 0. The minimum absolute atomic E-state index is 0.222. The van der Waals surface area contributed by atoms with Gasteiger partial charge in [0.1, 0.15) is 0 Å². The predicted octanol–water partition coefficient (Wildman–Crippen LogP) is 0.816. The Kier molecular flexibility index (Phi) is 7.09. The van der Waals surface area contributed by atoms with Crippen LogP contribution in [0.4, 0.5) is 0 Å². The normalized spacial score (nSPS) is 14.0. The SMILES string of the molecule is C[SiH2][SiH2]N(CC(C)C)CC(C)C. The summed E-state index contributed by atoms with van der Waals surface area (Å²) in [6, 6.07) is 0. The van der Waals surface area contributed by atoms with Gasteiger partial charge in [-0.1, -0.05) is 34.2 Å². The second-order valence-electron chi connectivity index (χ2n) is 4.55. The van der Waals surface area contributed by atoms with Crippen molar-refractivity contribution in [1.29, 1.82) is 0 Å².